The van der Waals surface area contributed by atoms with E-state index in [0.29, 0.717) is 18.7 Å². The van der Waals surface area contributed by atoms with E-state index in [2.05, 4.69) is 0 Å². The molecule has 2 nitrogen and oxygen atoms in total. The van der Waals surface area contributed by atoms with Gasteiger partial charge in [0.25, 0.3) is 0 Å². The number of hydrogen-bond acceptors (Lipinski definition) is 2. The van der Waals surface area contributed by atoms with Crippen molar-refractivity contribution >= 4 is 5.78 Å². The first-order valence-corrected chi connectivity index (χ1v) is 4.05. The van der Waals surface area contributed by atoms with Gasteiger partial charge < -0.3 is 0 Å². The van der Waals surface area contributed by atoms with Crippen LogP contribution in [-0.2, 0) is 4.79 Å². The predicted molar refractivity (Wildman–Crippen MR) is 41.2 cm³/mol. The summed E-state index contributed by atoms with van der Waals surface area (Å²) in [5, 5.41) is 0. The van der Waals surface area contributed by atoms with E-state index in [1.807, 2.05) is 11.8 Å². The Morgan fingerprint density at radius 2 is 2.45 bits per heavy atom. The SMILES string of the molecule is CC1CN(CCF)CCC1=O. The highest BCUT2D eigenvalue weighted by atomic mass is 19.1. The molecule has 3 heteroatoms. The number of Topliss-reactive ketones (excluding diaryl/α,β-unsaturated/α-hetero) is 1. The molecule has 1 aliphatic rings. The first-order valence-electron chi connectivity index (χ1n) is 4.05. The summed E-state index contributed by atoms with van der Waals surface area (Å²) in [6.07, 6.45) is 0.598. The standard InChI is InChI=1S/C8H14FNO/c1-7-6-10(5-3-9)4-2-8(7)11/h7H,2-6H2,1H3. The molecular formula is C8H14FNO. The summed E-state index contributed by atoms with van der Waals surface area (Å²) < 4.78 is 11.9. The van der Waals surface area contributed by atoms with E-state index >= 15 is 0 Å². The molecule has 64 valence electrons. The molecule has 11 heavy (non-hydrogen) atoms. The summed E-state index contributed by atoms with van der Waals surface area (Å²) in [7, 11) is 0. The maximum absolute atomic E-state index is 11.9. The second-order valence-corrected chi connectivity index (χ2v) is 3.11. The average molecular weight is 159 g/mol. The van der Waals surface area contributed by atoms with Crippen LogP contribution in [0, 0.1) is 5.92 Å². The minimum atomic E-state index is -0.305. The Morgan fingerprint density at radius 1 is 1.73 bits per heavy atom. The largest absolute Gasteiger partial charge is 0.300 e. The molecule has 1 rings (SSSR count). The van der Waals surface area contributed by atoms with Crippen molar-refractivity contribution in [3.63, 3.8) is 0 Å². The predicted octanol–water partition coefficient (Wildman–Crippen LogP) is 0.867. The normalized spacial score (nSPS) is 27.5. The van der Waals surface area contributed by atoms with E-state index in [9.17, 15) is 9.18 Å². The highest BCUT2D eigenvalue weighted by Gasteiger charge is 2.22. The summed E-state index contributed by atoms with van der Waals surface area (Å²) in [5.41, 5.74) is 0. The molecule has 1 atom stereocenters. The fourth-order valence-corrected chi connectivity index (χ4v) is 1.42. The number of nitrogens with zero attached hydrogens (tertiary/aromatic N) is 1. The number of halogens is 1. The first-order chi connectivity index (χ1) is 5.24. The zero-order valence-corrected chi connectivity index (χ0v) is 6.85. The Balaban J connectivity index is 2.33. The van der Waals surface area contributed by atoms with Gasteiger partial charge in [0.1, 0.15) is 12.5 Å². The summed E-state index contributed by atoms with van der Waals surface area (Å²) in [6.45, 7) is 3.57. The maximum Gasteiger partial charge on any atom is 0.138 e. The molecule has 0 aromatic carbocycles. The van der Waals surface area contributed by atoms with Crippen LogP contribution in [0.3, 0.4) is 0 Å². The monoisotopic (exact) mass is 159 g/mol. The fraction of sp³-hybridized carbons (Fsp3) is 0.875. The molecule has 0 N–H and O–H groups in total. The van der Waals surface area contributed by atoms with Crippen molar-refractivity contribution in [2.75, 3.05) is 26.3 Å². The smallest absolute Gasteiger partial charge is 0.138 e. The van der Waals surface area contributed by atoms with Crippen LogP contribution >= 0.6 is 0 Å². The molecule has 0 spiro atoms. The highest BCUT2D eigenvalue weighted by molar-refractivity contribution is 5.81. The van der Waals surface area contributed by atoms with Crippen LogP contribution in [0.1, 0.15) is 13.3 Å². The number of alkyl halides is 1. The van der Waals surface area contributed by atoms with Gasteiger partial charge in [0.2, 0.25) is 0 Å². The highest BCUT2D eigenvalue weighted by Crippen LogP contribution is 2.11. The first kappa shape index (κ1) is 8.65. The molecule has 1 saturated heterocycles. The third-order valence-corrected chi connectivity index (χ3v) is 2.16. The summed E-state index contributed by atoms with van der Waals surface area (Å²) in [4.78, 5) is 13.0. The van der Waals surface area contributed by atoms with E-state index in [1.54, 1.807) is 0 Å². The lowest BCUT2D eigenvalue weighted by atomic mass is 9.99. The molecule has 0 amide bonds. The summed E-state index contributed by atoms with van der Waals surface area (Å²) >= 11 is 0. The van der Waals surface area contributed by atoms with Crippen molar-refractivity contribution in [3.8, 4) is 0 Å². The Labute approximate surface area is 66.4 Å². The van der Waals surface area contributed by atoms with Crippen molar-refractivity contribution in [3.05, 3.63) is 0 Å². The third-order valence-electron chi connectivity index (χ3n) is 2.16. The molecule has 0 aromatic heterocycles. The Hall–Kier alpha value is -0.440. The molecule has 1 heterocycles. The zero-order valence-electron chi connectivity index (χ0n) is 6.85. The summed E-state index contributed by atoms with van der Waals surface area (Å²) in [6, 6.07) is 0. The number of ketones is 1. The van der Waals surface area contributed by atoms with E-state index in [4.69, 9.17) is 0 Å². The van der Waals surface area contributed by atoms with Crippen LogP contribution in [-0.4, -0.2) is 37.0 Å². The van der Waals surface area contributed by atoms with Crippen LogP contribution in [0.2, 0.25) is 0 Å². The van der Waals surface area contributed by atoms with Crippen LogP contribution in [0.15, 0.2) is 0 Å². The second kappa shape index (κ2) is 3.81. The van der Waals surface area contributed by atoms with Crippen LogP contribution < -0.4 is 0 Å². The van der Waals surface area contributed by atoms with Crippen molar-refractivity contribution in [2.24, 2.45) is 5.92 Å². The lowest BCUT2D eigenvalue weighted by Crippen LogP contribution is -2.40. The van der Waals surface area contributed by atoms with Crippen molar-refractivity contribution < 1.29 is 9.18 Å². The molecule has 0 saturated carbocycles. The molecule has 0 radical (unpaired) electrons. The van der Waals surface area contributed by atoms with Gasteiger partial charge >= 0.3 is 0 Å². The van der Waals surface area contributed by atoms with E-state index in [-0.39, 0.29) is 12.6 Å². The second-order valence-electron chi connectivity index (χ2n) is 3.11. The molecule has 0 aromatic rings. The quantitative estimate of drug-likeness (QED) is 0.595. The number of carbonyl (C=O) groups is 1. The molecule has 0 aliphatic carbocycles. The van der Waals surface area contributed by atoms with Gasteiger partial charge in [-0.05, 0) is 0 Å². The van der Waals surface area contributed by atoms with Crippen molar-refractivity contribution in [1.29, 1.82) is 0 Å². The molecule has 1 aliphatic heterocycles. The van der Waals surface area contributed by atoms with E-state index < -0.39 is 0 Å². The van der Waals surface area contributed by atoms with Gasteiger partial charge in [0, 0.05) is 32.0 Å². The topological polar surface area (TPSA) is 20.3 Å². The number of hydrogen-bond donors (Lipinski definition) is 0. The van der Waals surface area contributed by atoms with Gasteiger partial charge in [0.05, 0.1) is 0 Å². The Bertz CT molecular complexity index is 149. The minimum Gasteiger partial charge on any atom is -0.300 e. The van der Waals surface area contributed by atoms with Crippen molar-refractivity contribution in [2.45, 2.75) is 13.3 Å². The minimum absolute atomic E-state index is 0.107. The molecule has 0 bridgehead atoms. The lowest BCUT2D eigenvalue weighted by Gasteiger charge is -2.28. The molecular weight excluding hydrogens is 145 g/mol. The van der Waals surface area contributed by atoms with E-state index in [1.165, 1.54) is 0 Å². The van der Waals surface area contributed by atoms with Crippen LogP contribution in [0.25, 0.3) is 0 Å². The average Bonchev–Trinajstić information content (AvgIpc) is 1.98. The number of likely N-dealkylation sites (tertiary alicyclic amines) is 1. The number of carbonyl (C=O) groups excluding carboxylic acids is 1. The van der Waals surface area contributed by atoms with Crippen LogP contribution in [0.5, 0.6) is 0 Å². The van der Waals surface area contributed by atoms with Gasteiger partial charge in [-0.25, -0.2) is 4.39 Å². The maximum atomic E-state index is 11.9. The molecule has 1 unspecified atom stereocenters. The number of rotatable bonds is 2. The third kappa shape index (κ3) is 2.26. The van der Waals surface area contributed by atoms with Gasteiger partial charge in [-0.15, -0.1) is 0 Å². The van der Waals surface area contributed by atoms with Crippen LogP contribution in [0.4, 0.5) is 4.39 Å². The zero-order chi connectivity index (χ0) is 8.27. The lowest BCUT2D eigenvalue weighted by molar-refractivity contribution is -0.125. The molecule has 1 fully saturated rings. The van der Waals surface area contributed by atoms with Crippen molar-refractivity contribution in [1.82, 2.24) is 4.90 Å². The summed E-state index contributed by atoms with van der Waals surface area (Å²) in [5.74, 6) is 0.426. The van der Waals surface area contributed by atoms with Gasteiger partial charge in [-0.3, -0.25) is 9.69 Å². The van der Waals surface area contributed by atoms with Gasteiger partial charge in [-0.2, -0.15) is 0 Å². The Morgan fingerprint density at radius 3 is 3.00 bits per heavy atom. The fourth-order valence-electron chi connectivity index (χ4n) is 1.42. The Kier molecular flexibility index (Phi) is 3.00. The van der Waals surface area contributed by atoms with E-state index in [0.717, 1.165) is 13.1 Å². The number of piperidine rings is 1. The van der Waals surface area contributed by atoms with Gasteiger partial charge in [-0.1, -0.05) is 6.92 Å². The van der Waals surface area contributed by atoms with Gasteiger partial charge in [0.15, 0.2) is 0 Å².